The van der Waals surface area contributed by atoms with Crippen molar-refractivity contribution in [1.82, 2.24) is 4.90 Å². The number of carbonyl (C=O) groups excluding carboxylic acids is 2. The third-order valence-electron chi connectivity index (χ3n) is 3.57. The van der Waals surface area contributed by atoms with Gasteiger partial charge in [0.2, 0.25) is 5.91 Å². The van der Waals surface area contributed by atoms with E-state index in [2.05, 4.69) is 5.32 Å². The van der Waals surface area contributed by atoms with Crippen molar-refractivity contribution in [2.24, 2.45) is 0 Å². The summed E-state index contributed by atoms with van der Waals surface area (Å²) < 4.78 is 0. The first kappa shape index (κ1) is 13.4. The predicted octanol–water partition coefficient (Wildman–Crippen LogP) is 2.80. The molecule has 2 aromatic carbocycles. The van der Waals surface area contributed by atoms with Crippen molar-refractivity contribution in [3.05, 3.63) is 65.2 Å². The first-order chi connectivity index (χ1) is 10.1. The summed E-state index contributed by atoms with van der Waals surface area (Å²) in [5, 5.41) is 2.79. The van der Waals surface area contributed by atoms with Crippen LogP contribution in [0.25, 0.3) is 0 Å². The maximum Gasteiger partial charge on any atom is 0.254 e. The molecule has 1 aliphatic heterocycles. The van der Waals surface area contributed by atoms with Gasteiger partial charge in [-0.25, -0.2) is 0 Å². The average Bonchev–Trinajstić information content (AvgIpc) is 2.78. The molecule has 3 rings (SSSR count). The summed E-state index contributed by atoms with van der Waals surface area (Å²) >= 11 is 0. The van der Waals surface area contributed by atoms with Crippen molar-refractivity contribution >= 4 is 17.5 Å². The third kappa shape index (κ3) is 2.65. The van der Waals surface area contributed by atoms with E-state index in [0.717, 1.165) is 16.8 Å². The molecule has 0 aliphatic carbocycles. The number of hydrogen-bond donors (Lipinski definition) is 1. The van der Waals surface area contributed by atoms with E-state index in [1.807, 2.05) is 42.5 Å². The molecule has 0 atom stereocenters. The Balaban J connectivity index is 1.86. The molecule has 21 heavy (non-hydrogen) atoms. The van der Waals surface area contributed by atoms with Crippen LogP contribution in [0.3, 0.4) is 0 Å². The number of rotatable bonds is 3. The molecular weight excluding hydrogens is 264 g/mol. The number of hydrogen-bond acceptors (Lipinski definition) is 2. The van der Waals surface area contributed by atoms with E-state index in [9.17, 15) is 9.59 Å². The normalized spacial score (nSPS) is 13.2. The molecule has 2 aromatic rings. The number of benzene rings is 2. The summed E-state index contributed by atoms with van der Waals surface area (Å²) in [6, 6.07) is 15.3. The molecule has 0 aromatic heterocycles. The molecular formula is C17H16N2O2. The fraction of sp³-hybridized carbons (Fsp3) is 0.176. The molecule has 106 valence electrons. The second kappa shape index (κ2) is 5.40. The number of carbonyl (C=O) groups is 2. The minimum atomic E-state index is -0.127. The van der Waals surface area contributed by atoms with E-state index >= 15 is 0 Å². The molecule has 0 fully saturated rings. The van der Waals surface area contributed by atoms with Gasteiger partial charge in [0, 0.05) is 36.8 Å². The quantitative estimate of drug-likeness (QED) is 0.940. The number of amides is 2. The average molecular weight is 280 g/mol. The summed E-state index contributed by atoms with van der Waals surface area (Å²) in [7, 11) is 0. The van der Waals surface area contributed by atoms with Crippen LogP contribution in [0.15, 0.2) is 48.5 Å². The van der Waals surface area contributed by atoms with Crippen LogP contribution < -0.4 is 5.32 Å². The first-order valence-corrected chi connectivity index (χ1v) is 6.88. The fourth-order valence-electron chi connectivity index (χ4n) is 2.63. The van der Waals surface area contributed by atoms with E-state index in [0.29, 0.717) is 18.7 Å². The second-order valence-corrected chi connectivity index (χ2v) is 5.16. The molecule has 1 heterocycles. The Bertz CT molecular complexity index is 695. The molecule has 1 N–H and O–H groups in total. The standard InChI is InChI=1S/C17H16N2O2/c1-12(20)18-16-9-5-8-14-15(16)11-19(17(14)21)10-13-6-3-2-4-7-13/h2-9H,10-11H2,1H3,(H,18,20). The van der Waals surface area contributed by atoms with Gasteiger partial charge in [0.15, 0.2) is 0 Å². The highest BCUT2D eigenvalue weighted by Crippen LogP contribution is 2.30. The van der Waals surface area contributed by atoms with Gasteiger partial charge in [-0.3, -0.25) is 9.59 Å². The Morgan fingerprint density at radius 1 is 1.14 bits per heavy atom. The molecule has 4 nitrogen and oxygen atoms in total. The zero-order valence-electron chi connectivity index (χ0n) is 11.8. The molecule has 2 amide bonds. The first-order valence-electron chi connectivity index (χ1n) is 6.88. The van der Waals surface area contributed by atoms with Gasteiger partial charge in [-0.05, 0) is 17.7 Å². The zero-order chi connectivity index (χ0) is 14.8. The van der Waals surface area contributed by atoms with Crippen LogP contribution in [-0.4, -0.2) is 16.7 Å². The van der Waals surface area contributed by atoms with Gasteiger partial charge in [0.25, 0.3) is 5.91 Å². The Morgan fingerprint density at radius 2 is 1.90 bits per heavy atom. The molecule has 0 saturated heterocycles. The van der Waals surface area contributed by atoms with Crippen molar-refractivity contribution in [1.29, 1.82) is 0 Å². The highest BCUT2D eigenvalue weighted by molar-refractivity contribution is 6.01. The molecule has 0 spiro atoms. The van der Waals surface area contributed by atoms with Crippen molar-refractivity contribution in [2.75, 3.05) is 5.32 Å². The van der Waals surface area contributed by atoms with E-state index < -0.39 is 0 Å². The van der Waals surface area contributed by atoms with Gasteiger partial charge in [0.05, 0.1) is 0 Å². The third-order valence-corrected chi connectivity index (χ3v) is 3.57. The van der Waals surface area contributed by atoms with Crippen LogP contribution in [0.5, 0.6) is 0 Å². The van der Waals surface area contributed by atoms with Crippen LogP contribution in [0.4, 0.5) is 5.69 Å². The smallest absolute Gasteiger partial charge is 0.254 e. The summed E-state index contributed by atoms with van der Waals surface area (Å²) in [5.74, 6) is -0.113. The van der Waals surface area contributed by atoms with Gasteiger partial charge in [-0.1, -0.05) is 36.4 Å². The van der Waals surface area contributed by atoms with Gasteiger partial charge in [0.1, 0.15) is 0 Å². The molecule has 0 saturated carbocycles. The number of fused-ring (bicyclic) bond motifs is 1. The lowest BCUT2D eigenvalue weighted by molar-refractivity contribution is -0.114. The Kier molecular flexibility index (Phi) is 3.44. The van der Waals surface area contributed by atoms with Crippen molar-refractivity contribution in [3.8, 4) is 0 Å². The zero-order valence-corrected chi connectivity index (χ0v) is 11.8. The van der Waals surface area contributed by atoms with Gasteiger partial charge in [-0.2, -0.15) is 0 Å². The fourth-order valence-corrected chi connectivity index (χ4v) is 2.63. The Morgan fingerprint density at radius 3 is 2.62 bits per heavy atom. The van der Waals surface area contributed by atoms with Crippen molar-refractivity contribution in [2.45, 2.75) is 20.0 Å². The van der Waals surface area contributed by atoms with Crippen LogP contribution >= 0.6 is 0 Å². The molecule has 0 radical (unpaired) electrons. The summed E-state index contributed by atoms with van der Waals surface area (Å²) in [6.07, 6.45) is 0. The van der Waals surface area contributed by atoms with Crippen LogP contribution in [-0.2, 0) is 17.9 Å². The van der Waals surface area contributed by atoms with E-state index in [1.54, 1.807) is 11.0 Å². The Labute approximate surface area is 123 Å². The molecule has 0 bridgehead atoms. The highest BCUT2D eigenvalue weighted by atomic mass is 16.2. The lowest BCUT2D eigenvalue weighted by atomic mass is 10.1. The molecule has 4 heteroatoms. The summed E-state index contributed by atoms with van der Waals surface area (Å²) in [6.45, 7) is 2.57. The van der Waals surface area contributed by atoms with Crippen LogP contribution in [0.1, 0.15) is 28.4 Å². The highest BCUT2D eigenvalue weighted by Gasteiger charge is 2.29. The van der Waals surface area contributed by atoms with Crippen LogP contribution in [0.2, 0.25) is 0 Å². The predicted molar refractivity (Wildman–Crippen MR) is 80.8 cm³/mol. The Hall–Kier alpha value is -2.62. The van der Waals surface area contributed by atoms with Gasteiger partial charge < -0.3 is 10.2 Å². The second-order valence-electron chi connectivity index (χ2n) is 5.16. The lowest BCUT2D eigenvalue weighted by Gasteiger charge is -2.15. The van der Waals surface area contributed by atoms with Crippen LogP contribution in [0, 0.1) is 0 Å². The topological polar surface area (TPSA) is 49.4 Å². The van der Waals surface area contributed by atoms with Crippen molar-refractivity contribution < 1.29 is 9.59 Å². The van der Waals surface area contributed by atoms with Gasteiger partial charge >= 0.3 is 0 Å². The van der Waals surface area contributed by atoms with Gasteiger partial charge in [-0.15, -0.1) is 0 Å². The minimum absolute atomic E-state index is 0.0149. The number of nitrogens with one attached hydrogen (secondary N) is 1. The largest absolute Gasteiger partial charge is 0.330 e. The maximum atomic E-state index is 12.5. The van der Waals surface area contributed by atoms with E-state index in [-0.39, 0.29) is 11.8 Å². The molecule has 0 unspecified atom stereocenters. The van der Waals surface area contributed by atoms with Crippen molar-refractivity contribution in [3.63, 3.8) is 0 Å². The summed E-state index contributed by atoms with van der Waals surface area (Å²) in [5.41, 5.74) is 3.40. The monoisotopic (exact) mass is 280 g/mol. The van der Waals surface area contributed by atoms with E-state index in [4.69, 9.17) is 0 Å². The summed E-state index contributed by atoms with van der Waals surface area (Å²) in [4.78, 5) is 25.5. The number of nitrogens with zero attached hydrogens (tertiary/aromatic N) is 1. The lowest BCUT2D eigenvalue weighted by Crippen LogP contribution is -2.23. The maximum absolute atomic E-state index is 12.5. The van der Waals surface area contributed by atoms with E-state index in [1.165, 1.54) is 6.92 Å². The SMILES string of the molecule is CC(=O)Nc1cccc2c1CN(Cc1ccccc1)C2=O. The number of anilines is 1. The molecule has 1 aliphatic rings. The minimum Gasteiger partial charge on any atom is -0.330 e.